The lowest BCUT2D eigenvalue weighted by atomic mass is 9.53. The number of benzene rings is 1. The predicted molar refractivity (Wildman–Crippen MR) is 124 cm³/mol. The van der Waals surface area contributed by atoms with Gasteiger partial charge in [0, 0.05) is 5.54 Å². The summed E-state index contributed by atoms with van der Waals surface area (Å²) in [5, 5.41) is 18.2. The van der Waals surface area contributed by atoms with Crippen molar-refractivity contribution in [2.75, 3.05) is 13.7 Å². The van der Waals surface area contributed by atoms with Gasteiger partial charge in [-0.15, -0.1) is 0 Å². The molecule has 1 aromatic heterocycles. The summed E-state index contributed by atoms with van der Waals surface area (Å²) in [5.41, 5.74) is 0.742. The summed E-state index contributed by atoms with van der Waals surface area (Å²) in [5.74, 6) is 3.18. The van der Waals surface area contributed by atoms with Gasteiger partial charge in [-0.1, -0.05) is 17.3 Å². The van der Waals surface area contributed by atoms with Crippen molar-refractivity contribution in [3.63, 3.8) is 0 Å². The Balaban J connectivity index is 1.22. The molecule has 6 rings (SSSR count). The third-order valence-corrected chi connectivity index (χ3v) is 7.46. The number of nitrogens with zero attached hydrogens (tertiary/aromatic N) is 2. The molecule has 0 saturated heterocycles. The first kappa shape index (κ1) is 22.4. The Morgan fingerprint density at radius 3 is 2.50 bits per heavy atom. The Morgan fingerprint density at radius 1 is 1.21 bits per heavy atom. The van der Waals surface area contributed by atoms with Crippen molar-refractivity contribution in [2.24, 2.45) is 17.8 Å². The highest BCUT2D eigenvalue weighted by atomic mass is 16.6. The van der Waals surface area contributed by atoms with Crippen LogP contribution in [0.4, 0.5) is 5.69 Å². The fourth-order valence-corrected chi connectivity index (χ4v) is 6.53. The number of methoxy groups -OCH3 is 1. The summed E-state index contributed by atoms with van der Waals surface area (Å²) in [4.78, 5) is 23.4. The van der Waals surface area contributed by atoms with Crippen LogP contribution < -0.4 is 14.8 Å². The van der Waals surface area contributed by atoms with E-state index < -0.39 is 4.92 Å². The zero-order valence-electron chi connectivity index (χ0n) is 19.4. The van der Waals surface area contributed by atoms with Crippen molar-refractivity contribution in [3.05, 3.63) is 45.3 Å². The van der Waals surface area contributed by atoms with E-state index in [2.05, 4.69) is 10.5 Å². The molecule has 9 heteroatoms. The van der Waals surface area contributed by atoms with E-state index in [1.54, 1.807) is 24.3 Å². The van der Waals surface area contributed by atoms with Gasteiger partial charge >= 0.3 is 5.69 Å². The topological polar surface area (TPSA) is 117 Å². The second-order valence-corrected chi connectivity index (χ2v) is 10.0. The van der Waals surface area contributed by atoms with Gasteiger partial charge in [-0.25, -0.2) is 0 Å². The lowest BCUT2D eigenvalue weighted by Gasteiger charge is -2.56. The van der Waals surface area contributed by atoms with Crippen LogP contribution in [0.25, 0.3) is 12.2 Å². The Kier molecular flexibility index (Phi) is 5.79. The van der Waals surface area contributed by atoms with E-state index >= 15 is 0 Å². The summed E-state index contributed by atoms with van der Waals surface area (Å²) in [7, 11) is 1.52. The first-order valence-electron chi connectivity index (χ1n) is 11.7. The molecule has 0 atom stereocenters. The minimum atomic E-state index is -0.516. The molecule has 9 nitrogen and oxygen atoms in total. The number of amides is 1. The van der Waals surface area contributed by atoms with Gasteiger partial charge in [0.05, 0.1) is 12.0 Å². The molecule has 4 fully saturated rings. The van der Waals surface area contributed by atoms with Crippen molar-refractivity contribution >= 4 is 23.7 Å². The first-order valence-corrected chi connectivity index (χ1v) is 11.7. The van der Waals surface area contributed by atoms with Gasteiger partial charge in [-0.2, -0.15) is 0 Å². The number of rotatable bonds is 8. The van der Waals surface area contributed by atoms with Crippen molar-refractivity contribution in [3.8, 4) is 11.5 Å². The molecule has 0 unspecified atom stereocenters. The van der Waals surface area contributed by atoms with E-state index in [0.29, 0.717) is 11.5 Å². The molecule has 1 amide bonds. The van der Waals surface area contributed by atoms with E-state index in [-0.39, 0.29) is 35.2 Å². The molecule has 1 heterocycles. The number of hydrogen-bond acceptors (Lipinski definition) is 7. The SMILES string of the molecule is COc1cc(/C=C/c2onc(C)c2[N+](=O)[O-])ccc1OCC(=O)NC12CC3CC(CC(C3)C1)C2. The molecular weight excluding hydrogens is 438 g/mol. The fraction of sp³-hybridized carbons (Fsp3) is 0.520. The highest BCUT2D eigenvalue weighted by molar-refractivity contribution is 5.78. The van der Waals surface area contributed by atoms with Gasteiger partial charge in [-0.3, -0.25) is 14.9 Å². The quantitative estimate of drug-likeness (QED) is 0.448. The average Bonchev–Trinajstić information content (AvgIpc) is 3.15. The maximum Gasteiger partial charge on any atom is 0.338 e. The van der Waals surface area contributed by atoms with Gasteiger partial charge in [0.2, 0.25) is 5.76 Å². The Hall–Kier alpha value is -3.36. The molecule has 4 aliphatic rings. The lowest BCUT2D eigenvalue weighted by molar-refractivity contribution is -0.386. The van der Waals surface area contributed by atoms with Gasteiger partial charge in [-0.05, 0) is 87.0 Å². The minimum absolute atomic E-state index is 0.0460. The van der Waals surface area contributed by atoms with E-state index in [1.807, 2.05) is 0 Å². The number of carbonyl (C=O) groups excluding carboxylic acids is 1. The third-order valence-electron chi connectivity index (χ3n) is 7.46. The molecule has 1 N–H and O–H groups in total. The second kappa shape index (κ2) is 8.77. The molecule has 4 bridgehead atoms. The van der Waals surface area contributed by atoms with Crippen LogP contribution in [0, 0.1) is 34.8 Å². The second-order valence-electron chi connectivity index (χ2n) is 10.0. The zero-order valence-corrected chi connectivity index (χ0v) is 19.4. The van der Waals surface area contributed by atoms with Crippen LogP contribution in [0.15, 0.2) is 22.7 Å². The van der Waals surface area contributed by atoms with E-state index in [1.165, 1.54) is 39.4 Å². The highest BCUT2D eigenvalue weighted by Gasteiger charge is 2.51. The highest BCUT2D eigenvalue weighted by Crippen LogP contribution is 2.55. The van der Waals surface area contributed by atoms with Crippen molar-refractivity contribution in [1.82, 2.24) is 10.5 Å². The fourth-order valence-electron chi connectivity index (χ4n) is 6.53. The van der Waals surface area contributed by atoms with E-state index in [9.17, 15) is 14.9 Å². The summed E-state index contributed by atoms with van der Waals surface area (Å²) >= 11 is 0. The van der Waals surface area contributed by atoms with Crippen molar-refractivity contribution < 1.29 is 23.7 Å². The molecule has 4 aliphatic carbocycles. The van der Waals surface area contributed by atoms with Crippen LogP contribution in [0.2, 0.25) is 0 Å². The Bertz CT molecular complexity index is 1100. The van der Waals surface area contributed by atoms with Crippen LogP contribution in [0.3, 0.4) is 0 Å². The average molecular weight is 468 g/mol. The monoisotopic (exact) mass is 467 g/mol. The minimum Gasteiger partial charge on any atom is -0.493 e. The summed E-state index contributed by atoms with van der Waals surface area (Å²) in [6.45, 7) is 1.45. The maximum atomic E-state index is 12.8. The summed E-state index contributed by atoms with van der Waals surface area (Å²) in [6.07, 6.45) is 10.4. The van der Waals surface area contributed by atoms with Gasteiger partial charge in [0.1, 0.15) is 0 Å². The molecule has 34 heavy (non-hydrogen) atoms. The standard InChI is InChI=1S/C25H29N3O6/c1-15-24(28(30)31)21(34-27-15)6-4-16-3-5-20(22(10-16)32-2)33-14-23(29)26-25-11-17-7-18(12-25)9-19(8-17)13-25/h3-6,10,17-19H,7-9,11-14H2,1-2H3,(H,26,29)/b6-4+. The van der Waals surface area contributed by atoms with Crippen LogP contribution in [0.1, 0.15) is 55.5 Å². The van der Waals surface area contributed by atoms with Crippen molar-refractivity contribution in [1.29, 1.82) is 0 Å². The largest absolute Gasteiger partial charge is 0.493 e. The zero-order chi connectivity index (χ0) is 23.9. The first-order chi connectivity index (χ1) is 16.3. The maximum absolute atomic E-state index is 12.8. The molecule has 1 aromatic carbocycles. The molecule has 2 aromatic rings. The molecule has 0 aliphatic heterocycles. The molecular formula is C25H29N3O6. The van der Waals surface area contributed by atoms with Crippen LogP contribution in [-0.2, 0) is 4.79 Å². The van der Waals surface area contributed by atoms with Crippen LogP contribution in [-0.4, -0.2) is 35.2 Å². The van der Waals surface area contributed by atoms with Gasteiger partial charge in [0.25, 0.3) is 5.91 Å². The third kappa shape index (κ3) is 4.38. The molecule has 0 spiro atoms. The van der Waals surface area contributed by atoms with E-state index in [0.717, 1.165) is 42.6 Å². The van der Waals surface area contributed by atoms with E-state index in [4.69, 9.17) is 14.0 Å². The normalized spacial score (nSPS) is 27.2. The molecule has 4 saturated carbocycles. The molecule has 0 radical (unpaired) electrons. The van der Waals surface area contributed by atoms with Gasteiger partial charge in [0.15, 0.2) is 23.8 Å². The number of nitro groups is 1. The Labute approximate surface area is 197 Å². The lowest BCUT2D eigenvalue weighted by Crippen LogP contribution is -2.60. The smallest absolute Gasteiger partial charge is 0.338 e. The predicted octanol–water partition coefficient (Wildman–Crippen LogP) is 4.53. The summed E-state index contributed by atoms with van der Waals surface area (Å²) in [6, 6.07) is 5.23. The summed E-state index contributed by atoms with van der Waals surface area (Å²) < 4.78 is 16.3. The Morgan fingerprint density at radius 2 is 1.88 bits per heavy atom. The van der Waals surface area contributed by atoms with Crippen LogP contribution in [0.5, 0.6) is 11.5 Å². The number of hydrogen-bond donors (Lipinski definition) is 1. The number of aromatic nitrogens is 1. The number of ether oxygens (including phenoxy) is 2. The number of carbonyl (C=O) groups is 1. The number of aryl methyl sites for hydroxylation is 1. The van der Waals surface area contributed by atoms with Crippen LogP contribution >= 0.6 is 0 Å². The van der Waals surface area contributed by atoms with Gasteiger partial charge < -0.3 is 19.3 Å². The number of nitrogens with one attached hydrogen (secondary N) is 1. The molecule has 180 valence electrons. The van der Waals surface area contributed by atoms with Crippen molar-refractivity contribution in [2.45, 2.75) is 51.0 Å².